The number of rotatable bonds is 2. The third-order valence-corrected chi connectivity index (χ3v) is 1.53. The number of hydrogen-bond donors (Lipinski definition) is 0. The highest BCUT2D eigenvalue weighted by Crippen LogP contribution is 2.01. The van der Waals surface area contributed by atoms with Crippen LogP contribution in [0.3, 0.4) is 0 Å². The largest absolute Gasteiger partial charge is 0.453 e. The smallest absolute Gasteiger partial charge is 0.197 e. The van der Waals surface area contributed by atoms with Gasteiger partial charge in [0.25, 0.3) is 0 Å². The zero-order valence-electron chi connectivity index (χ0n) is 5.99. The summed E-state index contributed by atoms with van der Waals surface area (Å²) in [5.41, 5.74) is 0.905. The highest BCUT2D eigenvalue weighted by atomic mass is 32.1. The molecule has 1 aromatic rings. The monoisotopic (exact) mass is 164 g/mol. The molecule has 2 heteroatoms. The standard InChI is InChI=1S/C9H8OS/c1-2-10-9(11)8-6-4-3-5-7-8/h2-7H,1H2. The molecular formula is C9H8OS. The van der Waals surface area contributed by atoms with Crippen LogP contribution in [0, 0.1) is 0 Å². The maximum absolute atomic E-state index is 4.93. The summed E-state index contributed by atoms with van der Waals surface area (Å²) in [7, 11) is 0. The lowest BCUT2D eigenvalue weighted by Gasteiger charge is -1.99. The van der Waals surface area contributed by atoms with Gasteiger partial charge in [0.2, 0.25) is 0 Å². The molecule has 1 aromatic carbocycles. The van der Waals surface area contributed by atoms with Crippen molar-refractivity contribution in [3.05, 3.63) is 48.7 Å². The van der Waals surface area contributed by atoms with E-state index in [4.69, 9.17) is 17.0 Å². The second-order valence-electron chi connectivity index (χ2n) is 1.94. The quantitative estimate of drug-likeness (QED) is 0.490. The first kappa shape index (κ1) is 7.95. The van der Waals surface area contributed by atoms with E-state index in [1.165, 1.54) is 6.26 Å². The number of thiocarbonyl (C=S) groups is 1. The molecule has 0 N–H and O–H groups in total. The molecule has 11 heavy (non-hydrogen) atoms. The summed E-state index contributed by atoms with van der Waals surface area (Å²) in [4.78, 5) is 0. The second-order valence-corrected chi connectivity index (χ2v) is 2.31. The Morgan fingerprint density at radius 2 is 2.00 bits per heavy atom. The van der Waals surface area contributed by atoms with Crippen molar-refractivity contribution in [3.63, 3.8) is 0 Å². The van der Waals surface area contributed by atoms with E-state index in [0.717, 1.165) is 5.56 Å². The molecule has 0 spiro atoms. The molecule has 0 aliphatic heterocycles. The minimum absolute atomic E-state index is 0.459. The van der Waals surface area contributed by atoms with E-state index in [9.17, 15) is 0 Å². The first-order chi connectivity index (χ1) is 5.34. The fraction of sp³-hybridized carbons (Fsp3) is 0. The molecule has 1 nitrogen and oxygen atoms in total. The molecule has 0 aromatic heterocycles. The Bertz CT molecular complexity index is 254. The minimum Gasteiger partial charge on any atom is -0.453 e. The van der Waals surface area contributed by atoms with Crippen LogP contribution in [0.1, 0.15) is 5.56 Å². The van der Waals surface area contributed by atoms with Crippen LogP contribution in [0.4, 0.5) is 0 Å². The van der Waals surface area contributed by atoms with Gasteiger partial charge in [-0.2, -0.15) is 0 Å². The van der Waals surface area contributed by atoms with Crippen molar-refractivity contribution in [2.45, 2.75) is 0 Å². The highest BCUT2D eigenvalue weighted by Gasteiger charge is 1.96. The summed E-state index contributed by atoms with van der Waals surface area (Å²) in [6, 6.07) is 9.54. The molecule has 0 aliphatic carbocycles. The van der Waals surface area contributed by atoms with E-state index < -0.39 is 0 Å². The maximum Gasteiger partial charge on any atom is 0.197 e. The zero-order chi connectivity index (χ0) is 8.10. The van der Waals surface area contributed by atoms with Crippen LogP contribution in [-0.4, -0.2) is 5.05 Å². The summed E-state index contributed by atoms with van der Waals surface area (Å²) >= 11 is 4.93. The lowest BCUT2D eigenvalue weighted by atomic mass is 10.2. The van der Waals surface area contributed by atoms with E-state index >= 15 is 0 Å². The molecule has 1 rings (SSSR count). The summed E-state index contributed by atoms with van der Waals surface area (Å²) in [5.74, 6) is 0. The van der Waals surface area contributed by atoms with Gasteiger partial charge in [0.05, 0.1) is 6.26 Å². The van der Waals surface area contributed by atoms with Gasteiger partial charge in [-0.05, 0) is 12.2 Å². The number of ether oxygens (including phenoxy) is 1. The van der Waals surface area contributed by atoms with Crippen LogP contribution < -0.4 is 0 Å². The molecule has 0 radical (unpaired) electrons. The molecule has 0 amide bonds. The second kappa shape index (κ2) is 3.88. The fourth-order valence-electron chi connectivity index (χ4n) is 0.718. The van der Waals surface area contributed by atoms with Gasteiger partial charge in [0.15, 0.2) is 5.05 Å². The molecule has 56 valence electrons. The Morgan fingerprint density at radius 1 is 1.36 bits per heavy atom. The van der Waals surface area contributed by atoms with E-state index in [1.807, 2.05) is 30.3 Å². The Labute approximate surface area is 71.3 Å². The van der Waals surface area contributed by atoms with E-state index in [0.29, 0.717) is 5.05 Å². The van der Waals surface area contributed by atoms with E-state index in [1.54, 1.807) is 0 Å². The van der Waals surface area contributed by atoms with Crippen LogP contribution in [0.5, 0.6) is 0 Å². The van der Waals surface area contributed by atoms with Crippen molar-refractivity contribution in [2.24, 2.45) is 0 Å². The normalized spacial score (nSPS) is 8.73. The van der Waals surface area contributed by atoms with Crippen LogP contribution in [0.2, 0.25) is 0 Å². The highest BCUT2D eigenvalue weighted by molar-refractivity contribution is 7.80. The molecule has 0 unspecified atom stereocenters. The average Bonchev–Trinajstić information content (AvgIpc) is 2.07. The van der Waals surface area contributed by atoms with Gasteiger partial charge < -0.3 is 4.74 Å². The molecule has 0 saturated heterocycles. The fourth-order valence-corrected chi connectivity index (χ4v) is 0.922. The van der Waals surface area contributed by atoms with Gasteiger partial charge in [-0.25, -0.2) is 0 Å². The predicted octanol–water partition coefficient (Wildman–Crippen LogP) is 2.52. The summed E-state index contributed by atoms with van der Waals surface area (Å²) in [5, 5.41) is 0.459. The van der Waals surface area contributed by atoms with Crippen LogP contribution in [-0.2, 0) is 4.74 Å². The molecule has 0 bridgehead atoms. The van der Waals surface area contributed by atoms with Gasteiger partial charge in [-0.3, -0.25) is 0 Å². The molecular weight excluding hydrogens is 156 g/mol. The van der Waals surface area contributed by atoms with Crippen LogP contribution in [0.25, 0.3) is 0 Å². The zero-order valence-corrected chi connectivity index (χ0v) is 6.80. The van der Waals surface area contributed by atoms with Gasteiger partial charge in [-0.15, -0.1) is 0 Å². The lowest BCUT2D eigenvalue weighted by Crippen LogP contribution is -1.96. The Kier molecular flexibility index (Phi) is 2.81. The predicted molar refractivity (Wildman–Crippen MR) is 49.4 cm³/mol. The van der Waals surface area contributed by atoms with Gasteiger partial charge in [0, 0.05) is 5.56 Å². The van der Waals surface area contributed by atoms with Gasteiger partial charge in [0.1, 0.15) is 0 Å². The van der Waals surface area contributed by atoms with E-state index in [2.05, 4.69) is 6.58 Å². The summed E-state index contributed by atoms with van der Waals surface area (Å²) in [6.07, 6.45) is 1.33. The van der Waals surface area contributed by atoms with Crippen LogP contribution >= 0.6 is 12.2 Å². The number of hydrogen-bond acceptors (Lipinski definition) is 2. The Balaban J connectivity index is 2.77. The van der Waals surface area contributed by atoms with Crippen molar-refractivity contribution in [3.8, 4) is 0 Å². The average molecular weight is 164 g/mol. The van der Waals surface area contributed by atoms with Crippen LogP contribution in [0.15, 0.2) is 43.2 Å². The van der Waals surface area contributed by atoms with Gasteiger partial charge in [-0.1, -0.05) is 36.9 Å². The Hall–Kier alpha value is -1.15. The van der Waals surface area contributed by atoms with Crippen molar-refractivity contribution in [1.82, 2.24) is 0 Å². The lowest BCUT2D eigenvalue weighted by molar-refractivity contribution is 0.489. The topological polar surface area (TPSA) is 9.23 Å². The molecule has 0 atom stereocenters. The third-order valence-electron chi connectivity index (χ3n) is 1.20. The van der Waals surface area contributed by atoms with Crippen molar-refractivity contribution < 1.29 is 4.74 Å². The maximum atomic E-state index is 4.93. The summed E-state index contributed by atoms with van der Waals surface area (Å²) in [6.45, 7) is 3.42. The van der Waals surface area contributed by atoms with Crippen molar-refractivity contribution >= 4 is 17.3 Å². The van der Waals surface area contributed by atoms with Crippen molar-refractivity contribution in [2.75, 3.05) is 0 Å². The summed E-state index contributed by atoms with van der Waals surface area (Å²) < 4.78 is 4.92. The van der Waals surface area contributed by atoms with Gasteiger partial charge >= 0.3 is 0 Å². The molecule has 0 heterocycles. The van der Waals surface area contributed by atoms with Crippen molar-refractivity contribution in [1.29, 1.82) is 0 Å². The third kappa shape index (κ3) is 2.16. The molecule has 0 aliphatic rings. The SMILES string of the molecule is C=COC(=S)c1ccccc1. The first-order valence-electron chi connectivity index (χ1n) is 3.21. The first-order valence-corrected chi connectivity index (χ1v) is 3.62. The minimum atomic E-state index is 0.459. The molecule has 0 saturated carbocycles. The Morgan fingerprint density at radius 3 is 2.55 bits per heavy atom. The molecule has 0 fully saturated rings. The number of benzene rings is 1. The van der Waals surface area contributed by atoms with E-state index in [-0.39, 0.29) is 0 Å².